The Morgan fingerprint density at radius 2 is 2.13 bits per heavy atom. The Labute approximate surface area is 142 Å². The van der Waals surface area contributed by atoms with Gasteiger partial charge in [0.1, 0.15) is 17.3 Å². The van der Waals surface area contributed by atoms with Crippen molar-refractivity contribution in [3.63, 3.8) is 0 Å². The Hall–Kier alpha value is -2.25. The molecule has 0 saturated heterocycles. The van der Waals surface area contributed by atoms with Crippen molar-refractivity contribution in [3.8, 4) is 5.75 Å². The molecule has 1 aromatic carbocycles. The van der Waals surface area contributed by atoms with Gasteiger partial charge in [-0.2, -0.15) is 5.10 Å². The van der Waals surface area contributed by atoms with Crippen LogP contribution in [0.1, 0.15) is 6.92 Å². The van der Waals surface area contributed by atoms with E-state index in [9.17, 15) is 9.59 Å². The predicted octanol–water partition coefficient (Wildman–Crippen LogP) is 2.08. The predicted molar refractivity (Wildman–Crippen MR) is 86.6 cm³/mol. The number of rotatable bonds is 6. The maximum atomic E-state index is 12.1. The van der Waals surface area contributed by atoms with Gasteiger partial charge in [0.15, 0.2) is 11.9 Å². The zero-order chi connectivity index (χ0) is 17.0. The van der Waals surface area contributed by atoms with Gasteiger partial charge in [-0.3, -0.25) is 14.3 Å². The topological polar surface area (TPSA) is 99.2 Å². The molecule has 0 bridgehead atoms. The Kier molecular flexibility index (Phi) is 5.46. The second-order valence-corrected chi connectivity index (χ2v) is 5.45. The first-order valence-corrected chi connectivity index (χ1v) is 7.35. The van der Waals surface area contributed by atoms with Crippen molar-refractivity contribution in [1.82, 2.24) is 9.78 Å². The van der Waals surface area contributed by atoms with Crippen LogP contribution in [0.3, 0.4) is 0 Å². The van der Waals surface area contributed by atoms with E-state index in [0.717, 1.165) is 0 Å². The maximum absolute atomic E-state index is 12.1. The van der Waals surface area contributed by atoms with Crippen LogP contribution in [-0.2, 0) is 16.1 Å². The van der Waals surface area contributed by atoms with E-state index in [1.165, 1.54) is 10.9 Å². The van der Waals surface area contributed by atoms with E-state index in [1.54, 1.807) is 31.2 Å². The summed E-state index contributed by atoms with van der Waals surface area (Å²) in [6, 6.07) is 6.44. The number of halogens is 2. The molecular weight excluding hydrogens is 343 g/mol. The Morgan fingerprint density at radius 1 is 1.39 bits per heavy atom. The van der Waals surface area contributed by atoms with E-state index >= 15 is 0 Å². The number of hydrogen-bond donors (Lipinski definition) is 2. The van der Waals surface area contributed by atoms with Crippen LogP contribution in [-0.4, -0.2) is 27.7 Å². The van der Waals surface area contributed by atoms with Crippen molar-refractivity contribution in [2.75, 3.05) is 5.32 Å². The fourth-order valence-electron chi connectivity index (χ4n) is 1.72. The van der Waals surface area contributed by atoms with E-state index in [2.05, 4.69) is 10.4 Å². The van der Waals surface area contributed by atoms with Gasteiger partial charge < -0.3 is 15.8 Å². The Balaban J connectivity index is 1.98. The number of nitrogens with one attached hydrogen (secondary N) is 1. The summed E-state index contributed by atoms with van der Waals surface area (Å²) in [5, 5.41) is 7.13. The third-order valence-corrected chi connectivity index (χ3v) is 3.60. The average molecular weight is 357 g/mol. The number of carbonyl (C=O) groups excluding carboxylic acids is 2. The van der Waals surface area contributed by atoms with Gasteiger partial charge >= 0.3 is 0 Å². The number of benzene rings is 1. The van der Waals surface area contributed by atoms with E-state index in [1.807, 2.05) is 0 Å². The van der Waals surface area contributed by atoms with Gasteiger partial charge in [-0.15, -0.1) is 0 Å². The molecule has 2 amide bonds. The number of carbonyl (C=O) groups is 2. The van der Waals surface area contributed by atoms with Gasteiger partial charge in [-0.05, 0) is 19.1 Å². The van der Waals surface area contributed by atoms with E-state index in [4.69, 9.17) is 33.7 Å². The molecule has 0 aliphatic carbocycles. The third kappa shape index (κ3) is 4.61. The van der Waals surface area contributed by atoms with Crippen LogP contribution in [0.15, 0.2) is 30.5 Å². The molecule has 122 valence electrons. The van der Waals surface area contributed by atoms with Crippen LogP contribution in [0.2, 0.25) is 10.0 Å². The lowest BCUT2D eigenvalue weighted by Crippen LogP contribution is -2.30. The lowest BCUT2D eigenvalue weighted by Gasteiger charge is -2.15. The highest BCUT2D eigenvalue weighted by atomic mass is 35.5. The van der Waals surface area contributed by atoms with Crippen LogP contribution in [0, 0.1) is 0 Å². The lowest BCUT2D eigenvalue weighted by molar-refractivity contribution is -0.122. The van der Waals surface area contributed by atoms with Gasteiger partial charge in [0.05, 0.1) is 5.02 Å². The fourth-order valence-corrected chi connectivity index (χ4v) is 2.06. The molecule has 1 unspecified atom stereocenters. The molecule has 0 fully saturated rings. The average Bonchev–Trinajstić information content (AvgIpc) is 2.90. The molecule has 0 saturated carbocycles. The number of ether oxygens (including phenoxy) is 1. The first kappa shape index (κ1) is 17.1. The number of hydrogen-bond acceptors (Lipinski definition) is 4. The Morgan fingerprint density at radius 3 is 2.83 bits per heavy atom. The van der Waals surface area contributed by atoms with Gasteiger partial charge in [0, 0.05) is 12.3 Å². The van der Waals surface area contributed by atoms with Crippen molar-refractivity contribution in [3.05, 3.63) is 40.5 Å². The minimum absolute atomic E-state index is 0.0694. The molecule has 23 heavy (non-hydrogen) atoms. The SMILES string of the molecule is CC(Oc1cccc(Cl)c1Cl)C(=O)Nc1ccn(CC(N)=O)n1. The van der Waals surface area contributed by atoms with Gasteiger partial charge in [-0.25, -0.2) is 0 Å². The number of nitrogens with two attached hydrogens (primary N) is 1. The number of anilines is 1. The van der Waals surface area contributed by atoms with Crippen LogP contribution in [0.25, 0.3) is 0 Å². The molecule has 9 heteroatoms. The van der Waals surface area contributed by atoms with Crippen LogP contribution in [0.5, 0.6) is 5.75 Å². The number of primary amides is 1. The normalized spacial score (nSPS) is 11.8. The summed E-state index contributed by atoms with van der Waals surface area (Å²) in [4.78, 5) is 22.9. The first-order chi connectivity index (χ1) is 10.9. The quantitative estimate of drug-likeness (QED) is 0.827. The molecule has 1 atom stereocenters. The van der Waals surface area contributed by atoms with Crippen molar-refractivity contribution < 1.29 is 14.3 Å². The summed E-state index contributed by atoms with van der Waals surface area (Å²) < 4.78 is 6.81. The third-order valence-electron chi connectivity index (χ3n) is 2.80. The fraction of sp³-hybridized carbons (Fsp3) is 0.214. The summed E-state index contributed by atoms with van der Waals surface area (Å²) in [6.07, 6.45) is 0.701. The molecule has 0 aliphatic heterocycles. The molecule has 2 aromatic rings. The Bertz CT molecular complexity index is 733. The number of amides is 2. The molecule has 1 heterocycles. The molecule has 2 rings (SSSR count). The van der Waals surface area contributed by atoms with E-state index in [0.29, 0.717) is 10.8 Å². The zero-order valence-electron chi connectivity index (χ0n) is 12.1. The minimum atomic E-state index is -0.827. The van der Waals surface area contributed by atoms with Crippen LogP contribution in [0.4, 0.5) is 5.82 Å². The highest BCUT2D eigenvalue weighted by Gasteiger charge is 2.18. The summed E-state index contributed by atoms with van der Waals surface area (Å²) >= 11 is 11.9. The molecular formula is C14H14Cl2N4O3. The van der Waals surface area contributed by atoms with Gasteiger partial charge in [0.25, 0.3) is 5.91 Å². The van der Waals surface area contributed by atoms with Crippen molar-refractivity contribution in [1.29, 1.82) is 0 Å². The van der Waals surface area contributed by atoms with Crippen LogP contribution >= 0.6 is 23.2 Å². The smallest absolute Gasteiger partial charge is 0.266 e. The second kappa shape index (κ2) is 7.34. The minimum Gasteiger partial charge on any atom is -0.479 e. The largest absolute Gasteiger partial charge is 0.479 e. The summed E-state index contributed by atoms with van der Waals surface area (Å²) in [5.41, 5.74) is 5.07. The number of nitrogens with zero attached hydrogens (tertiary/aromatic N) is 2. The summed E-state index contributed by atoms with van der Waals surface area (Å²) in [7, 11) is 0. The molecule has 0 spiro atoms. The van der Waals surface area contributed by atoms with Crippen molar-refractivity contribution >= 4 is 40.8 Å². The maximum Gasteiger partial charge on any atom is 0.266 e. The first-order valence-electron chi connectivity index (χ1n) is 6.60. The summed E-state index contributed by atoms with van der Waals surface area (Å²) in [5.74, 6) is -0.367. The highest BCUT2D eigenvalue weighted by molar-refractivity contribution is 6.42. The molecule has 3 N–H and O–H groups in total. The lowest BCUT2D eigenvalue weighted by atomic mass is 10.3. The van der Waals surface area contributed by atoms with Crippen molar-refractivity contribution in [2.45, 2.75) is 19.6 Å². The van der Waals surface area contributed by atoms with E-state index in [-0.39, 0.29) is 17.4 Å². The molecule has 0 radical (unpaired) electrons. The van der Waals surface area contributed by atoms with Gasteiger partial charge in [0.2, 0.25) is 5.91 Å². The monoisotopic (exact) mass is 356 g/mol. The standard InChI is InChI=1S/C14H14Cl2N4O3/c1-8(23-10-4-2-3-9(15)13(10)16)14(22)18-12-5-6-20(19-12)7-11(17)21/h2-6,8H,7H2,1H3,(H2,17,21)(H,18,19,22). The molecule has 1 aromatic heterocycles. The zero-order valence-corrected chi connectivity index (χ0v) is 13.6. The van der Waals surface area contributed by atoms with Crippen LogP contribution < -0.4 is 15.8 Å². The van der Waals surface area contributed by atoms with Gasteiger partial charge in [-0.1, -0.05) is 29.3 Å². The summed E-state index contributed by atoms with van der Waals surface area (Å²) in [6.45, 7) is 1.49. The van der Waals surface area contributed by atoms with E-state index < -0.39 is 17.9 Å². The van der Waals surface area contributed by atoms with Crippen molar-refractivity contribution in [2.24, 2.45) is 5.73 Å². The molecule has 0 aliphatic rings. The molecule has 7 nitrogen and oxygen atoms in total. The second-order valence-electron chi connectivity index (χ2n) is 4.67. The number of aromatic nitrogens is 2. The highest BCUT2D eigenvalue weighted by Crippen LogP contribution is 2.32.